The number of urea groups is 1. The molecule has 1 heterocycles. The second-order valence-corrected chi connectivity index (χ2v) is 8.04. The van der Waals surface area contributed by atoms with Crippen molar-refractivity contribution in [3.05, 3.63) is 70.8 Å². The first kappa shape index (κ1) is 22.2. The van der Waals surface area contributed by atoms with Gasteiger partial charge in [-0.2, -0.15) is 0 Å². The molecule has 0 aliphatic carbocycles. The Balaban J connectivity index is 1.56. The summed E-state index contributed by atoms with van der Waals surface area (Å²) in [5, 5.41) is 2.67. The third kappa shape index (κ3) is 5.17. The van der Waals surface area contributed by atoms with Crippen molar-refractivity contribution in [3.63, 3.8) is 0 Å². The minimum absolute atomic E-state index is 0.334. The number of imide groups is 1. The molecule has 0 aromatic heterocycles. The molecule has 3 rings (SSSR count). The van der Waals surface area contributed by atoms with E-state index in [1.807, 2.05) is 49.4 Å². The van der Waals surface area contributed by atoms with E-state index < -0.39 is 36.6 Å². The van der Waals surface area contributed by atoms with Gasteiger partial charge in [0.15, 0.2) is 6.61 Å². The van der Waals surface area contributed by atoms with Crippen LogP contribution in [-0.4, -0.2) is 47.3 Å². The standard InChI is InChI=1S/C24H26N2O5/c1-16-9-10-17(2)19(13-16)20(27)15-31-21(28)14-26-22(29)24(3,25-23(26)30)12-11-18-7-5-4-6-8-18/h4-10,13H,11-12,14-15H2,1-3H3,(H,25,30)/t24-/m0/s1. The Kier molecular flexibility index (Phi) is 6.53. The van der Waals surface area contributed by atoms with E-state index in [0.29, 0.717) is 18.4 Å². The summed E-state index contributed by atoms with van der Waals surface area (Å²) in [6.45, 7) is 4.34. The number of carbonyl (C=O) groups is 4. The number of nitrogens with zero attached hydrogens (tertiary/aromatic N) is 1. The first-order valence-electron chi connectivity index (χ1n) is 10.1. The summed E-state index contributed by atoms with van der Waals surface area (Å²) in [7, 11) is 0. The molecule has 7 nitrogen and oxygen atoms in total. The number of benzene rings is 2. The molecule has 0 unspecified atom stereocenters. The van der Waals surface area contributed by atoms with Crippen molar-refractivity contribution in [1.29, 1.82) is 0 Å². The number of esters is 1. The maximum Gasteiger partial charge on any atom is 0.326 e. The maximum absolute atomic E-state index is 12.8. The number of aryl methyl sites for hydroxylation is 3. The molecule has 1 saturated heterocycles. The number of hydrogen-bond donors (Lipinski definition) is 1. The SMILES string of the molecule is Cc1ccc(C)c(C(=O)COC(=O)CN2C(=O)N[C@@](C)(CCc3ccccc3)C2=O)c1. The zero-order valence-electron chi connectivity index (χ0n) is 17.9. The minimum atomic E-state index is -1.10. The molecule has 2 aromatic carbocycles. The molecule has 1 atom stereocenters. The van der Waals surface area contributed by atoms with E-state index in [-0.39, 0.29) is 5.78 Å². The number of ether oxygens (including phenoxy) is 1. The van der Waals surface area contributed by atoms with E-state index in [2.05, 4.69) is 5.32 Å². The molecule has 0 radical (unpaired) electrons. The number of nitrogens with one attached hydrogen (secondary N) is 1. The van der Waals surface area contributed by atoms with Crippen LogP contribution >= 0.6 is 0 Å². The lowest BCUT2D eigenvalue weighted by Gasteiger charge is -2.21. The molecule has 1 aliphatic rings. The van der Waals surface area contributed by atoms with E-state index in [1.54, 1.807) is 19.9 Å². The second-order valence-electron chi connectivity index (χ2n) is 8.04. The molecule has 162 valence electrons. The summed E-state index contributed by atoms with van der Waals surface area (Å²) in [5.74, 6) is -1.62. The Morgan fingerprint density at radius 1 is 1.06 bits per heavy atom. The van der Waals surface area contributed by atoms with Crippen LogP contribution in [0.4, 0.5) is 4.79 Å². The highest BCUT2D eigenvalue weighted by Crippen LogP contribution is 2.23. The highest BCUT2D eigenvalue weighted by molar-refractivity contribution is 6.08. The summed E-state index contributed by atoms with van der Waals surface area (Å²) in [6.07, 6.45) is 1.00. The predicted molar refractivity (Wildman–Crippen MR) is 115 cm³/mol. The quantitative estimate of drug-likeness (QED) is 0.401. The molecular weight excluding hydrogens is 396 g/mol. The Labute approximate surface area is 181 Å². The van der Waals surface area contributed by atoms with Crippen molar-refractivity contribution in [2.75, 3.05) is 13.2 Å². The topological polar surface area (TPSA) is 92.8 Å². The van der Waals surface area contributed by atoms with Crippen molar-refractivity contribution in [2.24, 2.45) is 0 Å². The Hall–Kier alpha value is -3.48. The van der Waals surface area contributed by atoms with Crippen LogP contribution in [0.5, 0.6) is 0 Å². The van der Waals surface area contributed by atoms with Crippen LogP contribution in [0.1, 0.15) is 40.4 Å². The van der Waals surface area contributed by atoms with Crippen molar-refractivity contribution >= 4 is 23.7 Å². The molecule has 0 saturated carbocycles. The highest BCUT2D eigenvalue weighted by Gasteiger charge is 2.48. The fourth-order valence-electron chi connectivity index (χ4n) is 3.53. The minimum Gasteiger partial charge on any atom is -0.456 e. The molecule has 1 aliphatic heterocycles. The molecule has 0 bridgehead atoms. The van der Waals surface area contributed by atoms with Gasteiger partial charge >= 0.3 is 12.0 Å². The van der Waals surface area contributed by atoms with Crippen LogP contribution in [0.2, 0.25) is 0 Å². The Morgan fingerprint density at radius 2 is 1.77 bits per heavy atom. The summed E-state index contributed by atoms with van der Waals surface area (Å²) in [4.78, 5) is 50.5. The van der Waals surface area contributed by atoms with Crippen LogP contribution in [0.25, 0.3) is 0 Å². The zero-order chi connectivity index (χ0) is 22.6. The van der Waals surface area contributed by atoms with Gasteiger partial charge in [-0.25, -0.2) is 4.79 Å². The largest absolute Gasteiger partial charge is 0.456 e. The smallest absolute Gasteiger partial charge is 0.326 e. The second kappa shape index (κ2) is 9.12. The van der Waals surface area contributed by atoms with Gasteiger partial charge < -0.3 is 10.1 Å². The third-order valence-electron chi connectivity index (χ3n) is 5.45. The van der Waals surface area contributed by atoms with Gasteiger partial charge in [-0.05, 0) is 50.8 Å². The lowest BCUT2D eigenvalue weighted by molar-refractivity contribution is -0.146. The number of Topliss-reactive ketones (excluding diaryl/α,β-unsaturated/α-hetero) is 1. The van der Waals surface area contributed by atoms with Gasteiger partial charge in [0.05, 0.1) is 0 Å². The normalized spacial score (nSPS) is 18.1. The van der Waals surface area contributed by atoms with Gasteiger partial charge in [0.25, 0.3) is 5.91 Å². The molecule has 1 N–H and O–H groups in total. The summed E-state index contributed by atoms with van der Waals surface area (Å²) >= 11 is 0. The molecule has 31 heavy (non-hydrogen) atoms. The third-order valence-corrected chi connectivity index (χ3v) is 5.45. The van der Waals surface area contributed by atoms with Crippen LogP contribution < -0.4 is 5.32 Å². The van der Waals surface area contributed by atoms with E-state index in [4.69, 9.17) is 4.74 Å². The van der Waals surface area contributed by atoms with Crippen LogP contribution in [0.15, 0.2) is 48.5 Å². The van der Waals surface area contributed by atoms with Gasteiger partial charge in [-0.15, -0.1) is 0 Å². The average Bonchev–Trinajstić information content (AvgIpc) is 2.96. The molecule has 0 spiro atoms. The van der Waals surface area contributed by atoms with Crippen molar-refractivity contribution < 1.29 is 23.9 Å². The molecule has 2 aromatic rings. The van der Waals surface area contributed by atoms with Crippen LogP contribution in [0, 0.1) is 13.8 Å². The van der Waals surface area contributed by atoms with Gasteiger partial charge in [0.1, 0.15) is 12.1 Å². The first-order chi connectivity index (χ1) is 14.7. The molecule has 1 fully saturated rings. The number of hydrogen-bond acceptors (Lipinski definition) is 5. The van der Waals surface area contributed by atoms with Gasteiger partial charge in [0, 0.05) is 5.56 Å². The van der Waals surface area contributed by atoms with Crippen LogP contribution in [-0.2, 0) is 20.7 Å². The molecule has 7 heteroatoms. The number of ketones is 1. The Morgan fingerprint density at radius 3 is 2.48 bits per heavy atom. The van der Waals surface area contributed by atoms with Crippen molar-refractivity contribution in [3.8, 4) is 0 Å². The zero-order valence-corrected chi connectivity index (χ0v) is 17.9. The van der Waals surface area contributed by atoms with Crippen LogP contribution in [0.3, 0.4) is 0 Å². The monoisotopic (exact) mass is 422 g/mol. The van der Waals surface area contributed by atoms with E-state index in [9.17, 15) is 19.2 Å². The predicted octanol–water partition coefficient (Wildman–Crippen LogP) is 2.97. The summed E-state index contributed by atoms with van der Waals surface area (Å²) in [5.41, 5.74) is 2.15. The van der Waals surface area contributed by atoms with E-state index in [0.717, 1.165) is 21.6 Å². The van der Waals surface area contributed by atoms with E-state index >= 15 is 0 Å². The molecule has 3 amide bonds. The summed E-state index contributed by atoms with van der Waals surface area (Å²) < 4.78 is 5.05. The van der Waals surface area contributed by atoms with Gasteiger partial charge in [-0.3, -0.25) is 19.3 Å². The van der Waals surface area contributed by atoms with Gasteiger partial charge in [0.2, 0.25) is 5.78 Å². The van der Waals surface area contributed by atoms with E-state index in [1.165, 1.54) is 0 Å². The summed E-state index contributed by atoms with van der Waals surface area (Å²) in [6, 6.07) is 14.5. The first-order valence-corrected chi connectivity index (χ1v) is 10.1. The molecular formula is C24H26N2O5. The fraction of sp³-hybridized carbons (Fsp3) is 0.333. The number of amides is 3. The highest BCUT2D eigenvalue weighted by atomic mass is 16.5. The van der Waals surface area contributed by atoms with Crippen molar-refractivity contribution in [1.82, 2.24) is 10.2 Å². The maximum atomic E-state index is 12.8. The average molecular weight is 422 g/mol. The van der Waals surface area contributed by atoms with Crippen molar-refractivity contribution in [2.45, 2.75) is 39.2 Å². The van der Waals surface area contributed by atoms with Gasteiger partial charge in [-0.1, -0.05) is 48.0 Å². The number of carbonyl (C=O) groups excluding carboxylic acids is 4. The lowest BCUT2D eigenvalue weighted by Crippen LogP contribution is -2.44. The number of rotatable bonds is 8. The fourth-order valence-corrected chi connectivity index (χ4v) is 3.53. The lowest BCUT2D eigenvalue weighted by atomic mass is 9.93. The Bertz CT molecular complexity index is 1020.